The van der Waals surface area contributed by atoms with Gasteiger partial charge in [0, 0.05) is 5.56 Å². The Morgan fingerprint density at radius 3 is 2.38 bits per heavy atom. The number of benzene rings is 2. The van der Waals surface area contributed by atoms with Crippen LogP contribution in [0.2, 0.25) is 0 Å². The van der Waals surface area contributed by atoms with Gasteiger partial charge in [-0.3, -0.25) is 0 Å². The van der Waals surface area contributed by atoms with E-state index in [2.05, 4.69) is 0 Å². The summed E-state index contributed by atoms with van der Waals surface area (Å²) in [5.41, 5.74) is -0.331. The minimum Gasteiger partial charge on any atom is -0.507 e. The van der Waals surface area contributed by atoms with Crippen molar-refractivity contribution in [3.63, 3.8) is 0 Å². The number of hydrogen-bond acceptors (Lipinski definition) is 4. The predicted octanol–water partition coefficient (Wildman–Crippen LogP) is 2.98. The number of rotatable bonds is 6. The SMILES string of the molecule is CN(C)CCCC(O)(c1ccc(F)cc1)c1ccc(C#N)cc1O. The fourth-order valence-corrected chi connectivity index (χ4v) is 2.76. The van der Waals surface area contributed by atoms with Gasteiger partial charge in [-0.2, -0.15) is 5.26 Å². The van der Waals surface area contributed by atoms with E-state index < -0.39 is 11.4 Å². The van der Waals surface area contributed by atoms with Gasteiger partial charge in [-0.25, -0.2) is 4.39 Å². The maximum atomic E-state index is 13.2. The molecule has 5 heteroatoms. The maximum Gasteiger partial charge on any atom is 0.123 e. The van der Waals surface area contributed by atoms with Crippen molar-refractivity contribution in [3.8, 4) is 11.8 Å². The number of halogens is 1. The highest BCUT2D eigenvalue weighted by molar-refractivity contribution is 5.48. The van der Waals surface area contributed by atoms with E-state index in [1.807, 2.05) is 25.1 Å². The van der Waals surface area contributed by atoms with E-state index in [4.69, 9.17) is 5.26 Å². The Morgan fingerprint density at radius 2 is 1.83 bits per heavy atom. The monoisotopic (exact) mass is 328 g/mol. The van der Waals surface area contributed by atoms with Crippen molar-refractivity contribution in [1.29, 1.82) is 5.26 Å². The number of nitriles is 1. The first kappa shape index (κ1) is 17.9. The minimum atomic E-state index is -1.46. The predicted molar refractivity (Wildman–Crippen MR) is 90.0 cm³/mol. The van der Waals surface area contributed by atoms with Crippen LogP contribution in [-0.4, -0.2) is 35.8 Å². The molecule has 0 aliphatic heterocycles. The molecule has 0 amide bonds. The molecular formula is C19H21FN2O2. The number of phenolic OH excluding ortho intramolecular Hbond substituents is 1. The van der Waals surface area contributed by atoms with Crippen LogP contribution in [0.3, 0.4) is 0 Å². The van der Waals surface area contributed by atoms with E-state index in [0.29, 0.717) is 29.5 Å². The third kappa shape index (κ3) is 3.91. The lowest BCUT2D eigenvalue weighted by Gasteiger charge is -2.30. The van der Waals surface area contributed by atoms with Crippen molar-refractivity contribution in [1.82, 2.24) is 4.90 Å². The molecule has 0 aliphatic rings. The van der Waals surface area contributed by atoms with E-state index in [1.165, 1.54) is 30.3 Å². The second-order valence-electron chi connectivity index (χ2n) is 6.12. The van der Waals surface area contributed by atoms with Crippen LogP contribution in [0.4, 0.5) is 4.39 Å². The molecular weight excluding hydrogens is 307 g/mol. The van der Waals surface area contributed by atoms with Crippen molar-refractivity contribution < 1.29 is 14.6 Å². The van der Waals surface area contributed by atoms with Gasteiger partial charge in [-0.1, -0.05) is 18.2 Å². The molecule has 0 saturated carbocycles. The van der Waals surface area contributed by atoms with Gasteiger partial charge < -0.3 is 15.1 Å². The summed E-state index contributed by atoms with van der Waals surface area (Å²) in [5.74, 6) is -0.538. The standard InChI is InChI=1S/C19H21FN2O2/c1-22(2)11-3-10-19(24,15-5-7-16(20)8-6-15)17-9-4-14(13-21)12-18(17)23/h4-9,12,23-24H,3,10-11H2,1-2H3. The molecule has 0 spiro atoms. The van der Waals surface area contributed by atoms with Crippen molar-refractivity contribution in [3.05, 3.63) is 65.0 Å². The van der Waals surface area contributed by atoms with E-state index in [-0.39, 0.29) is 5.75 Å². The van der Waals surface area contributed by atoms with Gasteiger partial charge in [0.15, 0.2) is 0 Å². The summed E-state index contributed by atoms with van der Waals surface area (Å²) in [4.78, 5) is 2.00. The smallest absolute Gasteiger partial charge is 0.123 e. The zero-order valence-electron chi connectivity index (χ0n) is 13.8. The molecule has 0 bridgehead atoms. The highest BCUT2D eigenvalue weighted by Crippen LogP contribution is 2.39. The average molecular weight is 328 g/mol. The van der Waals surface area contributed by atoms with Gasteiger partial charge >= 0.3 is 0 Å². The Labute approximate surface area is 141 Å². The third-order valence-electron chi connectivity index (χ3n) is 4.04. The molecule has 2 aromatic carbocycles. The number of aromatic hydroxyl groups is 1. The lowest BCUT2D eigenvalue weighted by atomic mass is 9.81. The maximum absolute atomic E-state index is 13.2. The molecule has 0 aromatic heterocycles. The summed E-state index contributed by atoms with van der Waals surface area (Å²) in [7, 11) is 3.88. The molecule has 0 heterocycles. The van der Waals surface area contributed by atoms with Crippen LogP contribution in [0.1, 0.15) is 29.5 Å². The lowest BCUT2D eigenvalue weighted by molar-refractivity contribution is 0.0639. The molecule has 0 aliphatic carbocycles. The summed E-state index contributed by atoms with van der Waals surface area (Å²) < 4.78 is 13.2. The first-order valence-corrected chi connectivity index (χ1v) is 7.73. The Kier molecular flexibility index (Phi) is 5.55. The first-order valence-electron chi connectivity index (χ1n) is 7.73. The van der Waals surface area contributed by atoms with Crippen LogP contribution in [0.15, 0.2) is 42.5 Å². The topological polar surface area (TPSA) is 67.5 Å². The summed E-state index contributed by atoms with van der Waals surface area (Å²) in [6.07, 6.45) is 1.04. The molecule has 4 nitrogen and oxygen atoms in total. The summed E-state index contributed by atoms with van der Waals surface area (Å²) >= 11 is 0. The second-order valence-corrected chi connectivity index (χ2v) is 6.12. The Hall–Kier alpha value is -2.42. The van der Waals surface area contributed by atoms with E-state index >= 15 is 0 Å². The van der Waals surface area contributed by atoms with Gasteiger partial charge in [0.05, 0.1) is 11.6 Å². The number of hydrogen-bond donors (Lipinski definition) is 2. The molecule has 126 valence electrons. The molecule has 2 aromatic rings. The highest BCUT2D eigenvalue weighted by Gasteiger charge is 2.33. The Bertz CT molecular complexity index is 738. The first-order chi connectivity index (χ1) is 11.4. The normalized spacial score (nSPS) is 13.5. The van der Waals surface area contributed by atoms with Crippen LogP contribution in [0.5, 0.6) is 5.75 Å². The van der Waals surface area contributed by atoms with Crippen molar-refractivity contribution >= 4 is 0 Å². The molecule has 0 radical (unpaired) electrons. The Balaban J connectivity index is 2.46. The quantitative estimate of drug-likeness (QED) is 0.855. The zero-order chi connectivity index (χ0) is 17.7. The van der Waals surface area contributed by atoms with Crippen molar-refractivity contribution in [2.75, 3.05) is 20.6 Å². The molecule has 2 N–H and O–H groups in total. The molecule has 0 saturated heterocycles. The summed E-state index contributed by atoms with van der Waals surface area (Å²) in [6, 6.07) is 12.0. The van der Waals surface area contributed by atoms with Gasteiger partial charge in [0.1, 0.15) is 17.2 Å². The highest BCUT2D eigenvalue weighted by atomic mass is 19.1. The van der Waals surface area contributed by atoms with Gasteiger partial charge in [0.2, 0.25) is 0 Å². The van der Waals surface area contributed by atoms with Crippen LogP contribution >= 0.6 is 0 Å². The average Bonchev–Trinajstić information content (AvgIpc) is 2.54. The van der Waals surface area contributed by atoms with Crippen LogP contribution in [0, 0.1) is 17.1 Å². The fourth-order valence-electron chi connectivity index (χ4n) is 2.76. The molecule has 24 heavy (non-hydrogen) atoms. The molecule has 0 fully saturated rings. The second kappa shape index (κ2) is 7.43. The largest absolute Gasteiger partial charge is 0.507 e. The number of aliphatic hydroxyl groups is 1. The summed E-state index contributed by atoms with van der Waals surface area (Å²) in [5, 5.41) is 30.5. The van der Waals surface area contributed by atoms with Crippen LogP contribution in [0.25, 0.3) is 0 Å². The van der Waals surface area contributed by atoms with Gasteiger partial charge in [-0.05, 0) is 63.3 Å². The van der Waals surface area contributed by atoms with Gasteiger partial charge in [0.25, 0.3) is 0 Å². The Morgan fingerprint density at radius 1 is 1.17 bits per heavy atom. The van der Waals surface area contributed by atoms with E-state index in [9.17, 15) is 14.6 Å². The number of phenols is 1. The van der Waals surface area contributed by atoms with Crippen molar-refractivity contribution in [2.24, 2.45) is 0 Å². The van der Waals surface area contributed by atoms with Gasteiger partial charge in [-0.15, -0.1) is 0 Å². The van der Waals surface area contributed by atoms with Crippen LogP contribution < -0.4 is 0 Å². The van der Waals surface area contributed by atoms with E-state index in [0.717, 1.165) is 6.54 Å². The lowest BCUT2D eigenvalue weighted by Crippen LogP contribution is -2.29. The minimum absolute atomic E-state index is 0.147. The third-order valence-corrected chi connectivity index (χ3v) is 4.04. The summed E-state index contributed by atoms with van der Waals surface area (Å²) in [6.45, 7) is 0.764. The molecule has 1 unspecified atom stereocenters. The van der Waals surface area contributed by atoms with Crippen LogP contribution in [-0.2, 0) is 5.60 Å². The zero-order valence-corrected chi connectivity index (χ0v) is 13.8. The van der Waals surface area contributed by atoms with Crippen molar-refractivity contribution in [2.45, 2.75) is 18.4 Å². The number of nitrogens with zero attached hydrogens (tertiary/aromatic N) is 2. The fraction of sp³-hybridized carbons (Fsp3) is 0.316. The van der Waals surface area contributed by atoms with E-state index in [1.54, 1.807) is 12.1 Å². The molecule has 2 rings (SSSR count). The molecule has 1 atom stereocenters.